The van der Waals surface area contributed by atoms with Crippen LogP contribution in [0.4, 0.5) is 22.7 Å². The van der Waals surface area contributed by atoms with Gasteiger partial charge in [0.05, 0.1) is 11.0 Å². The molecular weight excluding hydrogens is 846 g/mol. The predicted octanol–water partition coefficient (Wildman–Crippen LogP) is 11.7. The van der Waals surface area contributed by atoms with Crippen molar-refractivity contribution in [3.63, 3.8) is 0 Å². The molecule has 0 fully saturated rings. The van der Waals surface area contributed by atoms with Crippen molar-refractivity contribution < 1.29 is 36.8 Å². The molecule has 8 rings (SSSR count). The largest absolute Gasteiger partial charge is 2.00 e. The number of rotatable bonds is 5. The van der Waals surface area contributed by atoms with E-state index in [2.05, 4.69) is 64.7 Å². The summed E-state index contributed by atoms with van der Waals surface area (Å²) >= 11 is 0. The minimum atomic E-state index is -0.419. The monoisotopic (exact) mass is 898 g/mol. The molecule has 0 radical (unpaired) electrons. The van der Waals surface area contributed by atoms with Crippen LogP contribution in [-0.4, -0.2) is 20.5 Å². The number of pyridine rings is 2. The summed E-state index contributed by atoms with van der Waals surface area (Å²) in [5.41, 5.74) is 4.26. The van der Waals surface area contributed by atoms with Gasteiger partial charge in [0.15, 0.2) is 0 Å². The second-order valence-electron chi connectivity index (χ2n) is 16.4. The smallest absolute Gasteiger partial charge is 0.507 e. The van der Waals surface area contributed by atoms with Gasteiger partial charge in [0.25, 0.3) is 11.4 Å². The molecule has 0 unspecified atom stereocenters. The summed E-state index contributed by atoms with van der Waals surface area (Å²) in [5, 5.41) is 0.233. The van der Waals surface area contributed by atoms with Crippen LogP contribution >= 0.6 is 0 Å². The number of ether oxygens (including phenoxy) is 1. The van der Waals surface area contributed by atoms with Crippen molar-refractivity contribution in [1.29, 1.82) is 0 Å². The van der Waals surface area contributed by atoms with E-state index in [1.165, 1.54) is 6.20 Å². The topological polar surface area (TPSA) is 46.0 Å². The number of fused-ring (bicyclic) bond motifs is 4. The van der Waals surface area contributed by atoms with Crippen LogP contribution in [0.5, 0.6) is 11.5 Å². The first kappa shape index (κ1) is 28.3. The molecular formula is C47H45N5OPt+2. The van der Waals surface area contributed by atoms with Gasteiger partial charge in [-0.15, -0.1) is 17.7 Å². The molecule has 54 heavy (non-hydrogen) atoms. The summed E-state index contributed by atoms with van der Waals surface area (Å²) in [6, 6.07) is 23.0. The first-order valence-corrected chi connectivity index (χ1v) is 17.6. The maximum Gasteiger partial charge on any atom is 2.00 e. The van der Waals surface area contributed by atoms with Gasteiger partial charge in [0, 0.05) is 46.9 Å². The van der Waals surface area contributed by atoms with Gasteiger partial charge in [-0.05, 0) is 67.2 Å². The molecule has 3 aromatic heterocycles. The van der Waals surface area contributed by atoms with E-state index in [-0.39, 0.29) is 114 Å². The molecule has 0 aliphatic carbocycles. The Labute approximate surface area is 344 Å². The Bertz CT molecular complexity index is 3100. The van der Waals surface area contributed by atoms with Crippen LogP contribution in [0.15, 0.2) is 109 Å². The summed E-state index contributed by atoms with van der Waals surface area (Å²) in [4.78, 5) is 9.39. The van der Waals surface area contributed by atoms with Crippen LogP contribution in [0, 0.1) is 12.1 Å². The van der Waals surface area contributed by atoms with Crippen LogP contribution in [-0.2, 0) is 37.3 Å². The second-order valence-corrected chi connectivity index (χ2v) is 16.4. The molecule has 0 saturated carbocycles. The molecule has 1 aliphatic rings. The first-order chi connectivity index (χ1) is 28.5. The van der Waals surface area contributed by atoms with Crippen molar-refractivity contribution in [2.75, 3.05) is 0 Å². The molecule has 0 amide bonds. The predicted molar refractivity (Wildman–Crippen MR) is 217 cm³/mol. The van der Waals surface area contributed by atoms with Gasteiger partial charge in [0.1, 0.15) is 11.5 Å². The van der Waals surface area contributed by atoms with Gasteiger partial charge in [-0.25, -0.2) is 4.98 Å². The Morgan fingerprint density at radius 2 is 1.39 bits per heavy atom. The van der Waals surface area contributed by atoms with Crippen LogP contribution in [0.25, 0.3) is 27.8 Å². The fraction of sp³-hybridized carbons (Fsp3) is 0.255. The van der Waals surface area contributed by atoms with Crippen LogP contribution in [0.3, 0.4) is 0 Å². The van der Waals surface area contributed by atoms with E-state index in [1.54, 1.807) is 19.9 Å². The van der Waals surface area contributed by atoms with Crippen molar-refractivity contribution in [3.05, 3.63) is 138 Å². The van der Waals surface area contributed by atoms with Crippen LogP contribution in [0.1, 0.15) is 90.0 Å². The summed E-state index contributed by atoms with van der Waals surface area (Å²) in [6.45, 7) is 18.6. The molecule has 0 atom stereocenters. The molecule has 272 valence electrons. The van der Waals surface area contributed by atoms with E-state index in [1.807, 2.05) is 69.3 Å². The van der Waals surface area contributed by atoms with Crippen LogP contribution < -0.4 is 13.9 Å². The number of hydrogen-bond donors (Lipinski definition) is 0. The van der Waals surface area contributed by atoms with Crippen molar-refractivity contribution in [1.82, 2.24) is 23.7 Å². The maximum atomic E-state index is 9.13. The maximum absolute atomic E-state index is 9.13. The van der Waals surface area contributed by atoms with E-state index in [0.29, 0.717) is 22.5 Å². The third kappa shape index (κ3) is 6.74. The number of hydrogen-bond acceptors (Lipinski definition) is 3. The van der Waals surface area contributed by atoms with Crippen molar-refractivity contribution in [2.45, 2.75) is 78.6 Å². The fourth-order valence-corrected chi connectivity index (χ4v) is 6.51. The summed E-state index contributed by atoms with van der Waals surface area (Å²) < 4.78 is 81.9. The van der Waals surface area contributed by atoms with E-state index in [9.17, 15) is 0 Å². The quantitative estimate of drug-likeness (QED) is 0.128. The molecule has 0 spiro atoms. The standard InChI is InChI=1S/C47H45N5O.Pt/c1-45(2,3)31-22-23-48-43(26-31)52-38-18-12-10-16-36(38)44-42(52)28-35(29-49-44)53-34-25-32(46(4,5)6)24-33(27-34)50-30-51(41-21-15-14-20-40(41)50)39-19-13-11-17-37(39)47(7,8)9;/h10-26,29H,1-9H3;/q;+2/i10D,12D,14D,15D,16D,18D,20D,21D;. The van der Waals surface area contributed by atoms with Gasteiger partial charge in [-0.1, -0.05) is 127 Å². The van der Waals surface area contributed by atoms with Gasteiger partial charge >= 0.3 is 27.1 Å². The number of para-hydroxylation sites is 4. The Kier molecular flexibility index (Phi) is 7.13. The summed E-state index contributed by atoms with van der Waals surface area (Å²) in [6.07, 6.45) is 3.13. The third-order valence-electron chi connectivity index (χ3n) is 9.37. The van der Waals surface area contributed by atoms with E-state index < -0.39 is 5.41 Å². The zero-order valence-corrected chi connectivity index (χ0v) is 34.0. The molecule has 7 heteroatoms. The van der Waals surface area contributed by atoms with Crippen molar-refractivity contribution in [3.8, 4) is 17.3 Å². The molecule has 4 heterocycles. The number of aromatic nitrogens is 3. The zero-order valence-electron chi connectivity index (χ0n) is 39.7. The normalized spacial score (nSPS) is 15.1. The molecule has 1 aliphatic heterocycles. The average Bonchev–Trinajstić information content (AvgIpc) is 3.77. The Hall–Kier alpha value is -5.15. The van der Waals surface area contributed by atoms with Gasteiger partial charge in [0.2, 0.25) is 5.69 Å². The minimum absolute atomic E-state index is 0. The van der Waals surface area contributed by atoms with Crippen molar-refractivity contribution >= 4 is 50.7 Å². The first-order valence-electron chi connectivity index (χ1n) is 21.6. The van der Waals surface area contributed by atoms with Gasteiger partial charge in [-0.3, -0.25) is 0 Å². The van der Waals surface area contributed by atoms with Crippen molar-refractivity contribution in [2.24, 2.45) is 0 Å². The third-order valence-corrected chi connectivity index (χ3v) is 9.37. The van der Waals surface area contributed by atoms with Crippen LogP contribution in [0.2, 0.25) is 0 Å². The summed E-state index contributed by atoms with van der Waals surface area (Å²) in [5.74, 6) is 0.860. The fourth-order valence-electron chi connectivity index (χ4n) is 6.51. The van der Waals surface area contributed by atoms with Gasteiger partial charge in [-0.2, -0.15) is 0 Å². The molecule has 4 aromatic carbocycles. The zero-order chi connectivity index (χ0) is 44.2. The molecule has 6 nitrogen and oxygen atoms in total. The van der Waals surface area contributed by atoms with E-state index >= 15 is 0 Å². The van der Waals surface area contributed by atoms with Gasteiger partial charge < -0.3 is 14.3 Å². The van der Waals surface area contributed by atoms with E-state index in [4.69, 9.17) is 20.7 Å². The van der Waals surface area contributed by atoms with E-state index in [0.717, 1.165) is 22.4 Å². The number of nitrogens with zero attached hydrogens (tertiary/aromatic N) is 5. The average molecular weight is 899 g/mol. The minimum Gasteiger partial charge on any atom is -0.507 e. The SMILES string of the molecule is [2H]c1c([2H])c([2H])c2c(c1[2H])[N+](c1[c-]c(Oc3[c-]c4c(nc3)c3c([2H])c([2H])c([2H])c([2H])c3n4-c3cc(C(C)(C)C)ccn3)cc(C(C)(C)C)c1)=C=[N+]2c1ccccc1C(C)(C)C.[Pt+2]. The molecule has 0 saturated heterocycles. The molecule has 7 aromatic rings. The molecule has 0 bridgehead atoms. The molecule has 0 N–H and O–H groups in total. The Balaban J connectivity index is 0.00000578. The Morgan fingerprint density at radius 1 is 0.704 bits per heavy atom. The number of benzene rings is 4. The second kappa shape index (κ2) is 13.6. The Morgan fingerprint density at radius 3 is 2.11 bits per heavy atom. The summed E-state index contributed by atoms with van der Waals surface area (Å²) in [7, 11) is 0.